The Balaban J connectivity index is 1.75. The van der Waals surface area contributed by atoms with Gasteiger partial charge in [0.1, 0.15) is 0 Å². The maximum atomic E-state index is 12.1. The number of piperazine rings is 1. The molecule has 2 saturated heterocycles. The molecular formula is C13H25N3O2. The van der Waals surface area contributed by atoms with Crippen molar-refractivity contribution >= 4 is 6.09 Å². The van der Waals surface area contributed by atoms with Gasteiger partial charge in [-0.2, -0.15) is 0 Å². The molecule has 0 spiro atoms. The van der Waals surface area contributed by atoms with Crippen LogP contribution < -0.4 is 10.6 Å². The molecule has 0 saturated carbocycles. The van der Waals surface area contributed by atoms with Gasteiger partial charge in [-0.25, -0.2) is 4.79 Å². The maximum Gasteiger partial charge on any atom is 0.410 e. The van der Waals surface area contributed by atoms with Gasteiger partial charge in [0.15, 0.2) is 0 Å². The first-order chi connectivity index (χ1) is 8.66. The van der Waals surface area contributed by atoms with Crippen molar-refractivity contribution < 1.29 is 9.53 Å². The minimum Gasteiger partial charge on any atom is -0.449 e. The van der Waals surface area contributed by atoms with Crippen LogP contribution in [0.1, 0.15) is 26.7 Å². The number of piperidine rings is 1. The van der Waals surface area contributed by atoms with Gasteiger partial charge < -0.3 is 20.3 Å². The van der Waals surface area contributed by atoms with Crippen LogP contribution in [0.3, 0.4) is 0 Å². The molecule has 0 aromatic rings. The number of hydrogen-bond acceptors (Lipinski definition) is 4. The van der Waals surface area contributed by atoms with Crippen molar-refractivity contribution in [2.45, 2.75) is 38.8 Å². The van der Waals surface area contributed by atoms with E-state index in [2.05, 4.69) is 24.5 Å². The van der Waals surface area contributed by atoms with E-state index in [4.69, 9.17) is 4.74 Å². The molecule has 18 heavy (non-hydrogen) atoms. The normalized spacial score (nSPS) is 30.2. The Morgan fingerprint density at radius 3 is 2.78 bits per heavy atom. The number of carbonyl (C=O) groups is 1. The number of nitrogens with one attached hydrogen (secondary N) is 2. The molecule has 2 N–H and O–H groups in total. The molecule has 104 valence electrons. The molecule has 2 heterocycles. The van der Waals surface area contributed by atoms with E-state index in [0.29, 0.717) is 18.6 Å². The Morgan fingerprint density at radius 2 is 2.06 bits per heavy atom. The predicted molar refractivity (Wildman–Crippen MR) is 70.6 cm³/mol. The van der Waals surface area contributed by atoms with Crippen molar-refractivity contribution in [3.8, 4) is 0 Å². The number of rotatable bonds is 2. The number of amides is 1. The first-order valence-corrected chi connectivity index (χ1v) is 7.04. The van der Waals surface area contributed by atoms with E-state index in [0.717, 1.165) is 39.0 Å². The van der Waals surface area contributed by atoms with Crippen LogP contribution >= 0.6 is 0 Å². The van der Waals surface area contributed by atoms with Crippen LogP contribution in [0.5, 0.6) is 0 Å². The zero-order chi connectivity index (χ0) is 13.0. The van der Waals surface area contributed by atoms with Crippen molar-refractivity contribution in [2.24, 2.45) is 5.92 Å². The molecule has 2 aliphatic heterocycles. The van der Waals surface area contributed by atoms with Crippen LogP contribution in [0.15, 0.2) is 0 Å². The zero-order valence-electron chi connectivity index (χ0n) is 11.4. The Hall–Kier alpha value is -0.810. The van der Waals surface area contributed by atoms with Gasteiger partial charge >= 0.3 is 6.09 Å². The lowest BCUT2D eigenvalue weighted by Gasteiger charge is -2.37. The average Bonchev–Trinajstić information content (AvgIpc) is 2.40. The van der Waals surface area contributed by atoms with E-state index in [1.807, 2.05) is 4.90 Å². The van der Waals surface area contributed by atoms with Crippen molar-refractivity contribution in [3.63, 3.8) is 0 Å². The molecular weight excluding hydrogens is 230 g/mol. The Labute approximate surface area is 109 Å². The van der Waals surface area contributed by atoms with Crippen LogP contribution in [0, 0.1) is 5.92 Å². The fourth-order valence-corrected chi connectivity index (χ4v) is 2.60. The summed E-state index contributed by atoms with van der Waals surface area (Å²) in [5.41, 5.74) is 0. The van der Waals surface area contributed by atoms with Gasteiger partial charge in [0.05, 0.1) is 6.61 Å². The molecule has 0 bridgehead atoms. The van der Waals surface area contributed by atoms with Gasteiger partial charge in [0.25, 0.3) is 0 Å². The topological polar surface area (TPSA) is 53.6 Å². The van der Waals surface area contributed by atoms with Crippen molar-refractivity contribution in [1.82, 2.24) is 15.5 Å². The fourth-order valence-electron chi connectivity index (χ4n) is 2.60. The van der Waals surface area contributed by atoms with Gasteiger partial charge in [-0.05, 0) is 45.7 Å². The third-order valence-electron chi connectivity index (χ3n) is 3.90. The van der Waals surface area contributed by atoms with E-state index < -0.39 is 0 Å². The molecule has 0 aliphatic carbocycles. The van der Waals surface area contributed by atoms with Gasteiger partial charge in [0.2, 0.25) is 0 Å². The van der Waals surface area contributed by atoms with E-state index in [9.17, 15) is 4.79 Å². The number of nitrogens with zero attached hydrogens (tertiary/aromatic N) is 1. The highest BCUT2D eigenvalue weighted by Crippen LogP contribution is 2.14. The summed E-state index contributed by atoms with van der Waals surface area (Å²) in [7, 11) is 0. The molecule has 2 aliphatic rings. The molecule has 0 aromatic heterocycles. The summed E-state index contributed by atoms with van der Waals surface area (Å²) in [4.78, 5) is 13.9. The van der Waals surface area contributed by atoms with Crippen LogP contribution in [-0.2, 0) is 4.74 Å². The van der Waals surface area contributed by atoms with E-state index in [1.165, 1.54) is 0 Å². The molecule has 5 nitrogen and oxygen atoms in total. The summed E-state index contributed by atoms with van der Waals surface area (Å²) in [6.45, 7) is 8.41. The highest BCUT2D eigenvalue weighted by Gasteiger charge is 2.28. The molecule has 2 unspecified atom stereocenters. The second kappa shape index (κ2) is 6.38. The lowest BCUT2D eigenvalue weighted by Crippen LogP contribution is -2.56. The quantitative estimate of drug-likeness (QED) is 0.766. The molecule has 2 fully saturated rings. The van der Waals surface area contributed by atoms with E-state index in [1.54, 1.807) is 0 Å². The maximum absolute atomic E-state index is 12.1. The summed E-state index contributed by atoms with van der Waals surface area (Å²) < 4.78 is 5.47. The summed E-state index contributed by atoms with van der Waals surface area (Å²) in [6.07, 6.45) is 2.08. The smallest absolute Gasteiger partial charge is 0.410 e. The van der Waals surface area contributed by atoms with E-state index in [-0.39, 0.29) is 12.1 Å². The number of ether oxygens (including phenoxy) is 1. The molecule has 0 radical (unpaired) electrons. The van der Waals surface area contributed by atoms with E-state index >= 15 is 0 Å². The van der Waals surface area contributed by atoms with Crippen molar-refractivity contribution in [2.75, 3.05) is 32.8 Å². The molecule has 0 aromatic carbocycles. The summed E-state index contributed by atoms with van der Waals surface area (Å²) in [5, 5.41) is 6.68. The van der Waals surface area contributed by atoms with Crippen LogP contribution in [-0.4, -0.2) is 55.9 Å². The van der Waals surface area contributed by atoms with Gasteiger partial charge in [0, 0.05) is 25.2 Å². The standard InChI is InChI=1S/C13H25N3O2/c1-10-8-16(11(2)7-15-10)13(17)18-9-12-3-5-14-6-4-12/h10-12,14-15H,3-9H2,1-2H3. The van der Waals surface area contributed by atoms with Crippen LogP contribution in [0.2, 0.25) is 0 Å². The average molecular weight is 255 g/mol. The fraction of sp³-hybridized carbons (Fsp3) is 0.923. The monoisotopic (exact) mass is 255 g/mol. The minimum absolute atomic E-state index is 0.144. The second-order valence-corrected chi connectivity index (χ2v) is 5.58. The van der Waals surface area contributed by atoms with Crippen molar-refractivity contribution in [3.05, 3.63) is 0 Å². The van der Waals surface area contributed by atoms with Crippen LogP contribution in [0.4, 0.5) is 4.79 Å². The highest BCUT2D eigenvalue weighted by atomic mass is 16.6. The Kier molecular flexibility index (Phi) is 4.83. The SMILES string of the molecule is CC1CN(C(=O)OCC2CCNCC2)C(C)CN1. The lowest BCUT2D eigenvalue weighted by molar-refractivity contribution is 0.0586. The summed E-state index contributed by atoms with van der Waals surface area (Å²) in [5.74, 6) is 0.533. The molecule has 5 heteroatoms. The van der Waals surface area contributed by atoms with Crippen molar-refractivity contribution in [1.29, 1.82) is 0 Å². The summed E-state index contributed by atoms with van der Waals surface area (Å²) in [6, 6.07) is 0.578. The van der Waals surface area contributed by atoms with Gasteiger partial charge in [-0.15, -0.1) is 0 Å². The predicted octanol–water partition coefficient (Wildman–Crippen LogP) is 0.805. The van der Waals surface area contributed by atoms with Crippen LogP contribution in [0.25, 0.3) is 0 Å². The second-order valence-electron chi connectivity index (χ2n) is 5.58. The molecule has 1 amide bonds. The number of hydrogen-bond donors (Lipinski definition) is 2. The third-order valence-corrected chi connectivity index (χ3v) is 3.90. The summed E-state index contributed by atoms with van der Waals surface area (Å²) >= 11 is 0. The molecule has 2 atom stereocenters. The Bertz CT molecular complexity index is 279. The first-order valence-electron chi connectivity index (χ1n) is 7.04. The van der Waals surface area contributed by atoms with Gasteiger partial charge in [-0.1, -0.05) is 0 Å². The third kappa shape index (κ3) is 3.59. The highest BCUT2D eigenvalue weighted by molar-refractivity contribution is 5.68. The minimum atomic E-state index is -0.144. The first kappa shape index (κ1) is 13.6. The largest absolute Gasteiger partial charge is 0.449 e. The zero-order valence-corrected chi connectivity index (χ0v) is 11.4. The van der Waals surface area contributed by atoms with Gasteiger partial charge in [-0.3, -0.25) is 0 Å². The number of carbonyl (C=O) groups excluding carboxylic acids is 1. The Morgan fingerprint density at radius 1 is 1.33 bits per heavy atom. The lowest BCUT2D eigenvalue weighted by atomic mass is 9.99. The molecule has 2 rings (SSSR count).